The molecule has 1 atom stereocenters. The number of aliphatic hydroxyl groups excluding tert-OH is 2. The van der Waals surface area contributed by atoms with E-state index in [2.05, 4.69) is 4.74 Å². The Morgan fingerprint density at radius 1 is 1.45 bits per heavy atom. The van der Waals surface area contributed by atoms with Gasteiger partial charge in [0, 0.05) is 20.3 Å². The summed E-state index contributed by atoms with van der Waals surface area (Å²) < 4.78 is 4.62. The average Bonchev–Trinajstić information content (AvgIpc) is 2.02. The molecule has 0 spiro atoms. The summed E-state index contributed by atoms with van der Waals surface area (Å²) in [5.41, 5.74) is 0. The van der Waals surface area contributed by atoms with Gasteiger partial charge in [-0.05, 0) is 19.8 Å². The van der Waals surface area contributed by atoms with E-state index in [0.29, 0.717) is 6.61 Å². The summed E-state index contributed by atoms with van der Waals surface area (Å²) in [4.78, 5) is 0. The van der Waals surface area contributed by atoms with E-state index in [-0.39, 0.29) is 12.7 Å². The standard InChI is InChI=1S/C4H10O2.C4H10O/c1-6-4-2-3-5;1-3-4(2)5/h5H,2-4H2,1H3;4-5H,3H2,1-2H3. The molecule has 0 fully saturated rings. The van der Waals surface area contributed by atoms with Crippen molar-refractivity contribution in [3.63, 3.8) is 0 Å². The lowest BCUT2D eigenvalue weighted by Crippen LogP contribution is -1.93. The number of hydrogen-bond acceptors (Lipinski definition) is 3. The monoisotopic (exact) mass is 164 g/mol. The van der Waals surface area contributed by atoms with Crippen molar-refractivity contribution in [2.45, 2.75) is 32.8 Å². The lowest BCUT2D eigenvalue weighted by Gasteiger charge is -1.90. The van der Waals surface area contributed by atoms with Gasteiger partial charge in [-0.25, -0.2) is 0 Å². The van der Waals surface area contributed by atoms with Crippen molar-refractivity contribution < 1.29 is 14.9 Å². The minimum atomic E-state index is -0.116. The Hall–Kier alpha value is -0.120. The van der Waals surface area contributed by atoms with Crippen LogP contribution >= 0.6 is 0 Å². The van der Waals surface area contributed by atoms with E-state index in [1.54, 1.807) is 14.0 Å². The van der Waals surface area contributed by atoms with Crippen LogP contribution in [0, 0.1) is 0 Å². The molecular formula is C8H20O3. The first-order chi connectivity index (χ1) is 5.18. The molecule has 0 amide bonds. The van der Waals surface area contributed by atoms with Crippen molar-refractivity contribution in [2.75, 3.05) is 20.3 Å². The van der Waals surface area contributed by atoms with E-state index in [9.17, 15) is 0 Å². The second-order valence-electron chi connectivity index (χ2n) is 2.33. The van der Waals surface area contributed by atoms with Crippen molar-refractivity contribution in [2.24, 2.45) is 0 Å². The molecule has 70 valence electrons. The number of methoxy groups -OCH3 is 1. The van der Waals surface area contributed by atoms with E-state index in [0.717, 1.165) is 12.8 Å². The van der Waals surface area contributed by atoms with E-state index in [1.165, 1.54) is 0 Å². The predicted molar refractivity (Wildman–Crippen MR) is 45.6 cm³/mol. The number of rotatable bonds is 4. The van der Waals surface area contributed by atoms with Gasteiger partial charge in [-0.3, -0.25) is 0 Å². The zero-order valence-electron chi connectivity index (χ0n) is 7.71. The van der Waals surface area contributed by atoms with Gasteiger partial charge in [-0.1, -0.05) is 6.92 Å². The maximum Gasteiger partial charge on any atom is 0.0509 e. The SMILES string of the molecule is CCC(C)O.COCCCO. The Bertz CT molecular complexity index is 51.3. The van der Waals surface area contributed by atoms with Gasteiger partial charge in [0.25, 0.3) is 0 Å². The van der Waals surface area contributed by atoms with Crippen LogP contribution in [-0.2, 0) is 4.74 Å². The summed E-state index contributed by atoms with van der Waals surface area (Å²) in [7, 11) is 1.62. The first kappa shape index (κ1) is 13.5. The number of aliphatic hydroxyl groups is 2. The van der Waals surface area contributed by atoms with Gasteiger partial charge in [-0.2, -0.15) is 0 Å². The minimum Gasteiger partial charge on any atom is -0.396 e. The van der Waals surface area contributed by atoms with Crippen LogP contribution in [0.2, 0.25) is 0 Å². The maximum absolute atomic E-state index is 8.36. The highest BCUT2D eigenvalue weighted by molar-refractivity contribution is 4.34. The first-order valence-electron chi connectivity index (χ1n) is 3.96. The molecule has 3 nitrogen and oxygen atoms in total. The third-order valence-electron chi connectivity index (χ3n) is 1.10. The molecule has 11 heavy (non-hydrogen) atoms. The minimum absolute atomic E-state index is 0.116. The van der Waals surface area contributed by atoms with Gasteiger partial charge >= 0.3 is 0 Å². The lowest BCUT2D eigenvalue weighted by atomic mass is 10.3. The van der Waals surface area contributed by atoms with Crippen LogP contribution in [-0.4, -0.2) is 36.6 Å². The molecule has 1 unspecified atom stereocenters. The zero-order valence-corrected chi connectivity index (χ0v) is 7.71. The van der Waals surface area contributed by atoms with E-state index < -0.39 is 0 Å². The second kappa shape index (κ2) is 12.5. The molecule has 0 aliphatic carbocycles. The fourth-order valence-corrected chi connectivity index (χ4v) is 0.209. The van der Waals surface area contributed by atoms with Crippen molar-refractivity contribution in [1.82, 2.24) is 0 Å². The van der Waals surface area contributed by atoms with Gasteiger partial charge in [0.1, 0.15) is 0 Å². The van der Waals surface area contributed by atoms with Crippen molar-refractivity contribution in [3.8, 4) is 0 Å². The Morgan fingerprint density at radius 2 is 1.91 bits per heavy atom. The van der Waals surface area contributed by atoms with Gasteiger partial charge < -0.3 is 14.9 Å². The average molecular weight is 164 g/mol. The van der Waals surface area contributed by atoms with Crippen LogP contribution in [0.4, 0.5) is 0 Å². The van der Waals surface area contributed by atoms with Crippen molar-refractivity contribution in [3.05, 3.63) is 0 Å². The summed E-state index contributed by atoms with van der Waals surface area (Å²) in [6.07, 6.45) is 1.49. The third kappa shape index (κ3) is 25.8. The smallest absolute Gasteiger partial charge is 0.0509 e. The highest BCUT2D eigenvalue weighted by Gasteiger charge is 1.81. The summed E-state index contributed by atoms with van der Waals surface area (Å²) >= 11 is 0. The predicted octanol–water partition coefficient (Wildman–Crippen LogP) is 0.792. The maximum atomic E-state index is 8.36. The van der Waals surface area contributed by atoms with E-state index in [1.807, 2.05) is 6.92 Å². The molecule has 0 saturated carbocycles. The molecule has 0 aliphatic heterocycles. The molecule has 0 rings (SSSR count). The molecule has 0 radical (unpaired) electrons. The number of hydrogen-bond donors (Lipinski definition) is 2. The topological polar surface area (TPSA) is 49.7 Å². The van der Waals surface area contributed by atoms with Crippen molar-refractivity contribution >= 4 is 0 Å². The Labute approximate surface area is 69.0 Å². The molecule has 0 aromatic rings. The fourth-order valence-electron chi connectivity index (χ4n) is 0.209. The normalized spacial score (nSPS) is 11.7. The molecule has 2 N–H and O–H groups in total. The van der Waals surface area contributed by atoms with E-state index >= 15 is 0 Å². The van der Waals surface area contributed by atoms with E-state index in [4.69, 9.17) is 10.2 Å². The highest BCUT2D eigenvalue weighted by atomic mass is 16.5. The largest absolute Gasteiger partial charge is 0.396 e. The van der Waals surface area contributed by atoms with Crippen LogP contribution in [0.1, 0.15) is 26.7 Å². The van der Waals surface area contributed by atoms with Crippen LogP contribution in [0.15, 0.2) is 0 Å². The summed E-state index contributed by atoms with van der Waals surface area (Å²) in [6, 6.07) is 0. The van der Waals surface area contributed by atoms with Gasteiger partial charge in [0.2, 0.25) is 0 Å². The van der Waals surface area contributed by atoms with Crippen LogP contribution < -0.4 is 0 Å². The Kier molecular flexibility index (Phi) is 15.4. The summed E-state index contributed by atoms with van der Waals surface area (Å²) in [5, 5.41) is 16.5. The molecule has 0 bridgehead atoms. The summed E-state index contributed by atoms with van der Waals surface area (Å²) in [5.74, 6) is 0. The Morgan fingerprint density at radius 3 is 2.00 bits per heavy atom. The molecule has 0 heterocycles. The molecular weight excluding hydrogens is 144 g/mol. The summed E-state index contributed by atoms with van der Waals surface area (Å²) in [6.45, 7) is 4.62. The number of ether oxygens (including phenoxy) is 1. The van der Waals surface area contributed by atoms with Gasteiger partial charge in [-0.15, -0.1) is 0 Å². The second-order valence-corrected chi connectivity index (χ2v) is 2.33. The van der Waals surface area contributed by atoms with Crippen LogP contribution in [0.3, 0.4) is 0 Å². The van der Waals surface area contributed by atoms with Crippen LogP contribution in [0.5, 0.6) is 0 Å². The van der Waals surface area contributed by atoms with Gasteiger partial charge in [0.05, 0.1) is 6.10 Å². The molecule has 0 aromatic heterocycles. The van der Waals surface area contributed by atoms with Crippen LogP contribution in [0.25, 0.3) is 0 Å². The molecule has 3 heteroatoms. The fraction of sp³-hybridized carbons (Fsp3) is 1.00. The molecule has 0 saturated heterocycles. The van der Waals surface area contributed by atoms with Gasteiger partial charge in [0.15, 0.2) is 0 Å². The molecule has 0 aromatic carbocycles. The first-order valence-corrected chi connectivity index (χ1v) is 3.96. The lowest BCUT2D eigenvalue weighted by molar-refractivity contribution is 0.166. The van der Waals surface area contributed by atoms with Crippen molar-refractivity contribution in [1.29, 1.82) is 0 Å². The Balaban J connectivity index is 0. The molecule has 0 aliphatic rings. The third-order valence-corrected chi connectivity index (χ3v) is 1.10. The quantitative estimate of drug-likeness (QED) is 0.604. The zero-order chi connectivity index (χ0) is 9.11. The highest BCUT2D eigenvalue weighted by Crippen LogP contribution is 1.81.